The van der Waals surface area contributed by atoms with Crippen molar-refractivity contribution in [2.45, 2.75) is 19.8 Å². The SMILES string of the molecule is COc1cc2ccccc2cc1C(=O)OCC(=O)Nc1ccc(C(C)C)cc1. The van der Waals surface area contributed by atoms with Crippen molar-refractivity contribution in [3.63, 3.8) is 0 Å². The molecule has 0 saturated carbocycles. The molecule has 1 N–H and O–H groups in total. The standard InChI is InChI=1S/C23H23NO4/c1-15(2)16-8-10-19(11-9-16)24-22(25)14-28-23(26)20-12-17-6-4-5-7-18(17)13-21(20)27-3/h4-13,15H,14H2,1-3H3,(H,24,25). The third kappa shape index (κ3) is 4.49. The molecule has 5 heteroatoms. The highest BCUT2D eigenvalue weighted by Gasteiger charge is 2.16. The molecule has 0 aromatic heterocycles. The molecule has 3 aromatic carbocycles. The number of carbonyl (C=O) groups is 2. The number of methoxy groups -OCH3 is 1. The molecule has 0 saturated heterocycles. The number of nitrogens with one attached hydrogen (secondary N) is 1. The van der Waals surface area contributed by atoms with E-state index in [2.05, 4.69) is 19.2 Å². The molecular formula is C23H23NO4. The summed E-state index contributed by atoms with van der Waals surface area (Å²) in [5.41, 5.74) is 2.14. The largest absolute Gasteiger partial charge is 0.496 e. The van der Waals surface area contributed by atoms with Gasteiger partial charge in [-0.15, -0.1) is 0 Å². The Morgan fingerprint density at radius 3 is 2.21 bits per heavy atom. The van der Waals surface area contributed by atoms with Crippen LogP contribution in [-0.4, -0.2) is 25.6 Å². The monoisotopic (exact) mass is 377 g/mol. The first-order valence-electron chi connectivity index (χ1n) is 9.11. The van der Waals surface area contributed by atoms with Crippen LogP contribution < -0.4 is 10.1 Å². The van der Waals surface area contributed by atoms with Crippen LogP contribution in [0.4, 0.5) is 5.69 Å². The maximum Gasteiger partial charge on any atom is 0.342 e. The first-order valence-corrected chi connectivity index (χ1v) is 9.11. The van der Waals surface area contributed by atoms with Crippen LogP contribution in [0, 0.1) is 0 Å². The molecule has 0 heterocycles. The van der Waals surface area contributed by atoms with Crippen LogP contribution in [0.3, 0.4) is 0 Å². The number of hydrogen-bond acceptors (Lipinski definition) is 4. The fourth-order valence-corrected chi connectivity index (χ4v) is 2.91. The molecule has 3 aromatic rings. The maximum absolute atomic E-state index is 12.5. The van der Waals surface area contributed by atoms with Gasteiger partial charge in [0.2, 0.25) is 0 Å². The van der Waals surface area contributed by atoms with Gasteiger partial charge in [0.05, 0.1) is 7.11 Å². The molecular weight excluding hydrogens is 354 g/mol. The lowest BCUT2D eigenvalue weighted by Gasteiger charge is -2.11. The van der Waals surface area contributed by atoms with E-state index in [0.717, 1.165) is 10.8 Å². The van der Waals surface area contributed by atoms with E-state index in [9.17, 15) is 9.59 Å². The van der Waals surface area contributed by atoms with Gasteiger partial charge in [-0.25, -0.2) is 4.79 Å². The Labute approximate surface area is 164 Å². The average Bonchev–Trinajstić information content (AvgIpc) is 2.71. The van der Waals surface area contributed by atoms with E-state index in [1.54, 1.807) is 12.1 Å². The van der Waals surface area contributed by atoms with Crippen molar-refractivity contribution in [1.29, 1.82) is 0 Å². The molecule has 0 bridgehead atoms. The fourth-order valence-electron chi connectivity index (χ4n) is 2.91. The van der Waals surface area contributed by atoms with Crippen molar-refractivity contribution >= 4 is 28.3 Å². The van der Waals surface area contributed by atoms with Gasteiger partial charge in [0.1, 0.15) is 11.3 Å². The Bertz CT molecular complexity index is 993. The summed E-state index contributed by atoms with van der Waals surface area (Å²) in [5.74, 6) is -0.172. The molecule has 1 amide bonds. The predicted molar refractivity (Wildman–Crippen MR) is 110 cm³/mol. The van der Waals surface area contributed by atoms with E-state index >= 15 is 0 Å². The number of hydrogen-bond donors (Lipinski definition) is 1. The Hall–Kier alpha value is -3.34. The summed E-state index contributed by atoms with van der Waals surface area (Å²) in [6, 6.07) is 18.7. The molecule has 28 heavy (non-hydrogen) atoms. The van der Waals surface area contributed by atoms with Gasteiger partial charge in [0.25, 0.3) is 5.91 Å². The summed E-state index contributed by atoms with van der Waals surface area (Å²) in [6.45, 7) is 3.84. The number of esters is 1. The Morgan fingerprint density at radius 1 is 0.964 bits per heavy atom. The molecule has 0 spiro atoms. The zero-order valence-electron chi connectivity index (χ0n) is 16.2. The number of benzene rings is 3. The van der Waals surface area contributed by atoms with Crippen molar-refractivity contribution in [3.8, 4) is 5.75 Å². The zero-order chi connectivity index (χ0) is 20.1. The summed E-state index contributed by atoms with van der Waals surface area (Å²) < 4.78 is 10.5. The fraction of sp³-hybridized carbons (Fsp3) is 0.217. The Balaban J connectivity index is 1.64. The smallest absolute Gasteiger partial charge is 0.342 e. The van der Waals surface area contributed by atoms with Gasteiger partial charge in [-0.1, -0.05) is 50.2 Å². The van der Waals surface area contributed by atoms with Gasteiger partial charge in [0, 0.05) is 5.69 Å². The van der Waals surface area contributed by atoms with Crippen LogP contribution in [0.1, 0.15) is 35.7 Å². The molecule has 0 unspecified atom stereocenters. The number of rotatable bonds is 6. The Morgan fingerprint density at radius 2 is 1.61 bits per heavy atom. The number of fused-ring (bicyclic) bond motifs is 1. The van der Waals surface area contributed by atoms with Gasteiger partial charge in [-0.3, -0.25) is 4.79 Å². The lowest BCUT2D eigenvalue weighted by Crippen LogP contribution is -2.21. The second-order valence-electron chi connectivity index (χ2n) is 6.80. The quantitative estimate of drug-likeness (QED) is 0.629. The molecule has 0 aliphatic rings. The first kappa shape index (κ1) is 19.4. The van der Waals surface area contributed by atoms with E-state index in [1.807, 2.05) is 48.5 Å². The molecule has 5 nitrogen and oxygen atoms in total. The molecule has 0 aliphatic heterocycles. The van der Waals surface area contributed by atoms with Crippen molar-refractivity contribution in [3.05, 3.63) is 71.8 Å². The van der Waals surface area contributed by atoms with Crippen LogP contribution in [-0.2, 0) is 9.53 Å². The highest BCUT2D eigenvalue weighted by atomic mass is 16.5. The van der Waals surface area contributed by atoms with Crippen LogP contribution >= 0.6 is 0 Å². The van der Waals surface area contributed by atoms with E-state index in [0.29, 0.717) is 17.4 Å². The summed E-state index contributed by atoms with van der Waals surface area (Å²) in [4.78, 5) is 24.6. The molecule has 0 aliphatic carbocycles. The minimum atomic E-state index is -0.604. The number of carbonyl (C=O) groups excluding carboxylic acids is 2. The lowest BCUT2D eigenvalue weighted by atomic mass is 10.0. The maximum atomic E-state index is 12.5. The third-order valence-electron chi connectivity index (χ3n) is 4.48. The molecule has 144 valence electrons. The second-order valence-corrected chi connectivity index (χ2v) is 6.80. The van der Waals surface area contributed by atoms with E-state index in [-0.39, 0.29) is 12.2 Å². The Kier molecular flexibility index (Phi) is 5.94. The second kappa shape index (κ2) is 8.57. The first-order chi connectivity index (χ1) is 13.5. The minimum Gasteiger partial charge on any atom is -0.496 e. The molecule has 0 atom stereocenters. The molecule has 3 rings (SSSR count). The van der Waals surface area contributed by atoms with Crippen molar-refractivity contribution in [2.75, 3.05) is 19.0 Å². The number of anilines is 1. The zero-order valence-corrected chi connectivity index (χ0v) is 16.2. The minimum absolute atomic E-state index is 0.287. The van der Waals surface area contributed by atoms with Gasteiger partial charge in [-0.05, 0) is 46.5 Å². The summed E-state index contributed by atoms with van der Waals surface area (Å²) in [6.07, 6.45) is 0. The van der Waals surface area contributed by atoms with Crippen LogP contribution in [0.2, 0.25) is 0 Å². The highest BCUT2D eigenvalue weighted by Crippen LogP contribution is 2.26. The van der Waals surface area contributed by atoms with Crippen molar-refractivity contribution in [1.82, 2.24) is 0 Å². The van der Waals surface area contributed by atoms with E-state index in [4.69, 9.17) is 9.47 Å². The van der Waals surface area contributed by atoms with Crippen LogP contribution in [0.5, 0.6) is 5.75 Å². The predicted octanol–water partition coefficient (Wildman–Crippen LogP) is 4.77. The summed E-state index contributed by atoms with van der Waals surface area (Å²) in [5, 5.41) is 4.58. The highest BCUT2D eigenvalue weighted by molar-refractivity contribution is 6.00. The molecule has 0 radical (unpaired) electrons. The van der Waals surface area contributed by atoms with E-state index in [1.165, 1.54) is 12.7 Å². The normalized spacial score (nSPS) is 10.7. The summed E-state index contributed by atoms with van der Waals surface area (Å²) >= 11 is 0. The number of amides is 1. The van der Waals surface area contributed by atoms with Gasteiger partial charge in [0.15, 0.2) is 6.61 Å². The van der Waals surface area contributed by atoms with Gasteiger partial charge >= 0.3 is 5.97 Å². The topological polar surface area (TPSA) is 64.6 Å². The van der Waals surface area contributed by atoms with Gasteiger partial charge in [-0.2, -0.15) is 0 Å². The average molecular weight is 377 g/mol. The third-order valence-corrected chi connectivity index (χ3v) is 4.48. The van der Waals surface area contributed by atoms with Crippen molar-refractivity contribution < 1.29 is 19.1 Å². The summed E-state index contributed by atoms with van der Waals surface area (Å²) in [7, 11) is 1.49. The van der Waals surface area contributed by atoms with E-state index < -0.39 is 11.9 Å². The van der Waals surface area contributed by atoms with Crippen LogP contribution in [0.15, 0.2) is 60.7 Å². The van der Waals surface area contributed by atoms with Gasteiger partial charge < -0.3 is 14.8 Å². The lowest BCUT2D eigenvalue weighted by molar-refractivity contribution is -0.119. The van der Waals surface area contributed by atoms with Crippen molar-refractivity contribution in [2.24, 2.45) is 0 Å². The molecule has 0 fully saturated rings. The van der Waals surface area contributed by atoms with Crippen LogP contribution in [0.25, 0.3) is 10.8 Å². The number of ether oxygens (including phenoxy) is 2.